The number of carbonyl (C=O) groups excluding carboxylic acids is 1. The number of phenols is 1. The second-order valence-electron chi connectivity index (χ2n) is 7.50. The summed E-state index contributed by atoms with van der Waals surface area (Å²) >= 11 is 1.61. The van der Waals surface area contributed by atoms with Gasteiger partial charge in [0.1, 0.15) is 5.75 Å². The van der Waals surface area contributed by atoms with Crippen LogP contribution in [0.2, 0.25) is 0 Å². The van der Waals surface area contributed by atoms with Crippen LogP contribution in [-0.4, -0.2) is 10.9 Å². The fourth-order valence-electron chi connectivity index (χ4n) is 4.44. The van der Waals surface area contributed by atoms with Gasteiger partial charge in [-0.15, -0.1) is 11.8 Å². The average molecular weight is 407 g/mol. The van der Waals surface area contributed by atoms with Crippen molar-refractivity contribution in [2.24, 2.45) is 0 Å². The van der Waals surface area contributed by atoms with Gasteiger partial charge in [0.05, 0.1) is 16.6 Å². The summed E-state index contributed by atoms with van der Waals surface area (Å²) in [6.07, 6.45) is 0. The lowest BCUT2D eigenvalue weighted by molar-refractivity contribution is 0.103. The molecule has 144 valence electrons. The molecular weight excluding hydrogens is 390 g/mol. The third-order valence-corrected chi connectivity index (χ3v) is 7.14. The van der Waals surface area contributed by atoms with Crippen molar-refractivity contribution in [1.29, 1.82) is 0 Å². The Labute approximate surface area is 178 Å². The van der Waals surface area contributed by atoms with Crippen LogP contribution >= 0.6 is 11.8 Å². The van der Waals surface area contributed by atoms with Crippen LogP contribution in [0, 0.1) is 0 Å². The van der Waals surface area contributed by atoms with Gasteiger partial charge in [-0.3, -0.25) is 4.79 Å². The molecule has 0 fully saturated rings. The van der Waals surface area contributed by atoms with Gasteiger partial charge in [0.15, 0.2) is 5.78 Å². The fourth-order valence-corrected chi connectivity index (χ4v) is 5.81. The minimum atomic E-state index is -0.331. The number of para-hydroxylation sites is 1. The molecule has 3 nitrogen and oxygen atoms in total. The zero-order valence-corrected chi connectivity index (χ0v) is 16.7. The number of hydrogen-bond acceptors (Lipinski definition) is 4. The predicted molar refractivity (Wildman–Crippen MR) is 122 cm³/mol. The van der Waals surface area contributed by atoms with Crippen molar-refractivity contribution in [1.82, 2.24) is 0 Å². The number of anilines is 1. The van der Waals surface area contributed by atoms with E-state index < -0.39 is 0 Å². The van der Waals surface area contributed by atoms with Crippen molar-refractivity contribution in [3.8, 4) is 5.75 Å². The van der Waals surface area contributed by atoms with Gasteiger partial charge in [-0.05, 0) is 29.0 Å². The van der Waals surface area contributed by atoms with E-state index in [0.717, 1.165) is 38.2 Å². The van der Waals surface area contributed by atoms with E-state index in [1.54, 1.807) is 17.8 Å². The molecule has 0 unspecified atom stereocenters. The molecule has 4 heteroatoms. The van der Waals surface area contributed by atoms with Gasteiger partial charge in [0.25, 0.3) is 0 Å². The van der Waals surface area contributed by atoms with Gasteiger partial charge in [-0.2, -0.15) is 0 Å². The molecule has 6 rings (SSSR count). The quantitative estimate of drug-likeness (QED) is 0.383. The Morgan fingerprint density at radius 2 is 1.53 bits per heavy atom. The summed E-state index contributed by atoms with van der Waals surface area (Å²) in [4.78, 5) is 14.6. The molecule has 1 atom stereocenters. The number of rotatable bonds is 1. The number of nitrogens with one attached hydrogen (secondary N) is 1. The number of carbonyl (C=O) groups is 1. The molecule has 2 aliphatic rings. The van der Waals surface area contributed by atoms with Crippen molar-refractivity contribution >= 4 is 39.7 Å². The van der Waals surface area contributed by atoms with Crippen molar-refractivity contribution < 1.29 is 9.90 Å². The summed E-state index contributed by atoms with van der Waals surface area (Å²) < 4.78 is 0. The zero-order valence-electron chi connectivity index (χ0n) is 15.9. The Morgan fingerprint density at radius 3 is 2.43 bits per heavy atom. The summed E-state index contributed by atoms with van der Waals surface area (Å²) in [5.41, 5.74) is 4.92. The first-order valence-corrected chi connectivity index (χ1v) is 10.7. The van der Waals surface area contributed by atoms with Crippen molar-refractivity contribution in [3.05, 3.63) is 107 Å². The van der Waals surface area contributed by atoms with E-state index >= 15 is 0 Å². The molecule has 0 aromatic heterocycles. The molecule has 1 aliphatic carbocycles. The number of fused-ring (bicyclic) bond motifs is 4. The third kappa shape index (κ3) is 2.44. The van der Waals surface area contributed by atoms with Crippen molar-refractivity contribution in [3.63, 3.8) is 0 Å². The van der Waals surface area contributed by atoms with E-state index in [1.165, 1.54) is 0 Å². The SMILES string of the molecule is O=C1C2=C(Nc3ccccc3S[C@H]2c2c(O)ccc3ccccc23)c2ccccc21. The molecule has 0 amide bonds. The monoisotopic (exact) mass is 407 g/mol. The summed E-state index contributed by atoms with van der Waals surface area (Å²) in [5, 5.41) is 16.2. The van der Waals surface area contributed by atoms with Gasteiger partial charge < -0.3 is 10.4 Å². The van der Waals surface area contributed by atoms with E-state index in [9.17, 15) is 9.90 Å². The molecule has 0 saturated carbocycles. The van der Waals surface area contributed by atoms with E-state index in [2.05, 4.69) is 11.4 Å². The van der Waals surface area contributed by atoms with Crippen LogP contribution in [0.5, 0.6) is 5.75 Å². The zero-order chi connectivity index (χ0) is 20.2. The molecule has 2 N–H and O–H groups in total. The molecule has 0 spiro atoms. The first-order valence-electron chi connectivity index (χ1n) is 9.84. The first kappa shape index (κ1) is 17.4. The molecule has 0 radical (unpaired) electrons. The smallest absolute Gasteiger partial charge is 0.193 e. The van der Waals surface area contributed by atoms with Gasteiger partial charge in [0.2, 0.25) is 0 Å². The van der Waals surface area contributed by atoms with Gasteiger partial charge in [-0.25, -0.2) is 0 Å². The Kier molecular flexibility index (Phi) is 3.77. The lowest BCUT2D eigenvalue weighted by atomic mass is 9.95. The highest BCUT2D eigenvalue weighted by Gasteiger charge is 2.39. The number of thioether (sulfide) groups is 1. The first-order chi connectivity index (χ1) is 14.7. The Morgan fingerprint density at radius 1 is 0.800 bits per heavy atom. The topological polar surface area (TPSA) is 49.3 Å². The van der Waals surface area contributed by atoms with Crippen molar-refractivity contribution in [2.45, 2.75) is 10.1 Å². The van der Waals surface area contributed by atoms with Gasteiger partial charge >= 0.3 is 0 Å². The molecule has 30 heavy (non-hydrogen) atoms. The van der Waals surface area contributed by atoms with E-state index in [0.29, 0.717) is 11.1 Å². The highest BCUT2D eigenvalue weighted by molar-refractivity contribution is 8.00. The highest BCUT2D eigenvalue weighted by atomic mass is 32.2. The van der Waals surface area contributed by atoms with Crippen molar-refractivity contribution in [2.75, 3.05) is 5.32 Å². The molecular formula is C26H17NO2S. The minimum absolute atomic E-state index is 0.0192. The molecule has 4 aromatic carbocycles. The third-order valence-electron chi connectivity index (χ3n) is 5.82. The number of ketones is 1. The number of benzene rings is 4. The molecule has 1 aliphatic heterocycles. The average Bonchev–Trinajstić information content (AvgIpc) is 2.94. The number of Topliss-reactive ketones (excluding diaryl/α,β-unsaturated/α-hetero) is 1. The Balaban J connectivity index is 1.67. The molecule has 4 aromatic rings. The summed E-state index contributed by atoms with van der Waals surface area (Å²) in [6, 6.07) is 27.5. The van der Waals surface area contributed by atoms with E-state index in [1.807, 2.05) is 72.8 Å². The predicted octanol–water partition coefficient (Wildman–Crippen LogP) is 6.41. The van der Waals surface area contributed by atoms with Gasteiger partial charge in [0, 0.05) is 27.2 Å². The lowest BCUT2D eigenvalue weighted by Gasteiger charge is -2.20. The number of aromatic hydroxyl groups is 1. The van der Waals surface area contributed by atoms with Gasteiger partial charge in [-0.1, -0.05) is 66.7 Å². The Bertz CT molecular complexity index is 1390. The summed E-state index contributed by atoms with van der Waals surface area (Å²) in [7, 11) is 0. The van der Waals surface area contributed by atoms with E-state index in [4.69, 9.17) is 0 Å². The molecule has 0 saturated heterocycles. The number of hydrogen-bond donors (Lipinski definition) is 2. The normalized spacial score (nSPS) is 17.2. The maximum atomic E-state index is 13.6. The molecule has 1 heterocycles. The summed E-state index contributed by atoms with van der Waals surface area (Å²) in [5.74, 6) is 0.229. The van der Waals surface area contributed by atoms with Crippen LogP contribution in [0.15, 0.2) is 95.4 Å². The number of phenolic OH excluding ortho intramolecular Hbond substituents is 1. The van der Waals surface area contributed by atoms with Crippen LogP contribution in [0.3, 0.4) is 0 Å². The lowest BCUT2D eigenvalue weighted by Crippen LogP contribution is -2.08. The second-order valence-corrected chi connectivity index (χ2v) is 8.65. The summed E-state index contributed by atoms with van der Waals surface area (Å²) in [6.45, 7) is 0. The fraction of sp³-hybridized carbons (Fsp3) is 0.0385. The Hall–Kier alpha value is -3.50. The second kappa shape index (κ2) is 6.51. The molecule has 0 bridgehead atoms. The highest BCUT2D eigenvalue weighted by Crippen LogP contribution is 2.55. The maximum Gasteiger partial charge on any atom is 0.193 e. The maximum absolute atomic E-state index is 13.6. The standard InChI is InChI=1S/C26H17NO2S/c28-20-14-13-15-7-1-2-8-16(15)22(20)26-23-24(17-9-3-4-10-18(17)25(23)29)27-19-11-5-6-12-21(19)30-26/h1-14,26-28H/t26-/m0/s1. The van der Waals surface area contributed by atoms with Crippen LogP contribution < -0.4 is 5.32 Å². The van der Waals surface area contributed by atoms with Crippen LogP contribution in [0.4, 0.5) is 5.69 Å². The van der Waals surface area contributed by atoms with Crippen LogP contribution in [-0.2, 0) is 0 Å². The van der Waals surface area contributed by atoms with E-state index in [-0.39, 0.29) is 16.8 Å². The van der Waals surface area contributed by atoms with Crippen LogP contribution in [0.25, 0.3) is 16.5 Å². The van der Waals surface area contributed by atoms with Crippen LogP contribution in [0.1, 0.15) is 26.7 Å². The largest absolute Gasteiger partial charge is 0.508 e. The minimum Gasteiger partial charge on any atom is -0.508 e.